The Bertz CT molecular complexity index is 429. The first-order valence-electron chi connectivity index (χ1n) is 7.22. The topological polar surface area (TPSA) is 20.2 Å². The summed E-state index contributed by atoms with van der Waals surface area (Å²) in [6, 6.07) is 6.66. The maximum atomic E-state index is 13.3. The van der Waals surface area contributed by atoms with E-state index in [1.165, 1.54) is 6.92 Å². The van der Waals surface area contributed by atoms with E-state index in [-0.39, 0.29) is 5.92 Å². The van der Waals surface area contributed by atoms with E-state index < -0.39 is 17.9 Å². The van der Waals surface area contributed by atoms with Crippen molar-refractivity contribution in [1.82, 2.24) is 0 Å². The highest BCUT2D eigenvalue weighted by Crippen LogP contribution is 2.46. The van der Waals surface area contributed by atoms with Crippen LogP contribution in [0, 0.1) is 11.8 Å². The van der Waals surface area contributed by atoms with E-state index in [1.807, 2.05) is 0 Å². The Kier molecular flexibility index (Phi) is 5.03. The second kappa shape index (κ2) is 6.40. The molecule has 1 aliphatic carbocycles. The molecule has 0 amide bonds. The molecule has 0 bridgehead atoms. The number of rotatable bonds is 4. The quantitative estimate of drug-likeness (QED) is 0.829. The summed E-state index contributed by atoms with van der Waals surface area (Å²) >= 11 is 5.86. The second-order valence-corrected chi connectivity index (χ2v) is 6.23. The Hall–Kier alpha value is -0.670. The van der Waals surface area contributed by atoms with Gasteiger partial charge in [0.05, 0.1) is 5.92 Å². The molecule has 1 saturated carbocycles. The largest absolute Gasteiger partial charge is 0.384 e. The predicted octanol–water partition coefficient (Wildman–Crippen LogP) is 5.01. The fourth-order valence-corrected chi connectivity index (χ4v) is 3.45. The number of halogens is 3. The molecule has 1 aliphatic rings. The third kappa shape index (κ3) is 2.99. The third-order valence-corrected chi connectivity index (χ3v) is 4.86. The molecule has 2 atom stereocenters. The highest BCUT2D eigenvalue weighted by Gasteiger charge is 2.46. The maximum absolute atomic E-state index is 13.3. The van der Waals surface area contributed by atoms with Gasteiger partial charge >= 0.3 is 0 Å². The third-order valence-electron chi connectivity index (χ3n) is 4.61. The lowest BCUT2D eigenvalue weighted by molar-refractivity contribution is -0.128. The van der Waals surface area contributed by atoms with Gasteiger partial charge in [0.15, 0.2) is 0 Å². The summed E-state index contributed by atoms with van der Waals surface area (Å²) in [5.74, 6) is -1.20. The summed E-state index contributed by atoms with van der Waals surface area (Å²) in [5.41, 5.74) is -0.916. The van der Waals surface area contributed by atoms with Crippen molar-refractivity contribution in [2.75, 3.05) is 0 Å². The van der Waals surface area contributed by atoms with E-state index in [0.717, 1.165) is 32.1 Å². The molecule has 20 heavy (non-hydrogen) atoms. The molecule has 1 N–H and O–H groups in total. The van der Waals surface area contributed by atoms with Gasteiger partial charge in [-0.15, -0.1) is 0 Å². The van der Waals surface area contributed by atoms with E-state index in [9.17, 15) is 13.9 Å². The van der Waals surface area contributed by atoms with Gasteiger partial charge in [-0.25, -0.2) is 8.78 Å². The number of hydrogen-bond donors (Lipinski definition) is 1. The summed E-state index contributed by atoms with van der Waals surface area (Å²) < 4.78 is 26.5. The minimum Gasteiger partial charge on any atom is -0.384 e. The molecule has 0 saturated heterocycles. The molecule has 0 radical (unpaired) electrons. The fourth-order valence-electron chi connectivity index (χ4n) is 3.32. The minimum absolute atomic E-state index is 0.110. The van der Waals surface area contributed by atoms with Gasteiger partial charge in [0.25, 0.3) is 0 Å². The van der Waals surface area contributed by atoms with Gasteiger partial charge in [0.1, 0.15) is 5.60 Å². The number of hydrogen-bond acceptors (Lipinski definition) is 1. The Labute approximate surface area is 124 Å². The van der Waals surface area contributed by atoms with Crippen molar-refractivity contribution in [3.8, 4) is 0 Å². The lowest BCUT2D eigenvalue weighted by Crippen LogP contribution is -2.45. The zero-order valence-corrected chi connectivity index (χ0v) is 12.4. The normalized spacial score (nSPS) is 21.7. The first-order chi connectivity index (χ1) is 9.46. The van der Waals surface area contributed by atoms with Crippen LogP contribution in [0.25, 0.3) is 0 Å². The number of aliphatic hydroxyl groups is 1. The average molecular weight is 303 g/mol. The molecule has 2 rings (SSSR count). The highest BCUT2D eigenvalue weighted by atomic mass is 35.5. The van der Waals surface area contributed by atoms with Gasteiger partial charge in [-0.3, -0.25) is 0 Å². The molecule has 0 aromatic heterocycles. The van der Waals surface area contributed by atoms with Gasteiger partial charge in [-0.2, -0.15) is 0 Å². The standard InChI is InChI=1S/C16H21ClF2O/c1-11(15(18)19)16(20,12-5-3-2-4-6-12)13-7-9-14(17)10-8-13/h7-12,15,20H,2-6H2,1H3. The molecule has 112 valence electrons. The molecule has 1 aromatic carbocycles. The number of alkyl halides is 2. The fraction of sp³-hybridized carbons (Fsp3) is 0.625. The van der Waals surface area contributed by atoms with Gasteiger partial charge in [-0.05, 0) is 36.5 Å². The van der Waals surface area contributed by atoms with Crippen LogP contribution >= 0.6 is 11.6 Å². The van der Waals surface area contributed by atoms with Crippen LogP contribution < -0.4 is 0 Å². The molecule has 0 spiro atoms. The highest BCUT2D eigenvalue weighted by molar-refractivity contribution is 6.30. The summed E-state index contributed by atoms with van der Waals surface area (Å²) in [7, 11) is 0. The molecule has 0 aliphatic heterocycles. The molecule has 0 heterocycles. The van der Waals surface area contributed by atoms with E-state index in [4.69, 9.17) is 11.6 Å². The van der Waals surface area contributed by atoms with E-state index in [2.05, 4.69) is 0 Å². The van der Waals surface area contributed by atoms with Crippen LogP contribution in [0.3, 0.4) is 0 Å². The Balaban J connectivity index is 2.39. The van der Waals surface area contributed by atoms with Crippen LogP contribution in [-0.4, -0.2) is 11.5 Å². The average Bonchev–Trinajstić information content (AvgIpc) is 2.47. The molecule has 1 fully saturated rings. The van der Waals surface area contributed by atoms with Gasteiger partial charge in [-0.1, -0.05) is 49.9 Å². The minimum atomic E-state index is -2.54. The lowest BCUT2D eigenvalue weighted by atomic mass is 9.67. The SMILES string of the molecule is CC(C(F)F)C(O)(c1ccc(Cl)cc1)C1CCCCC1. The van der Waals surface area contributed by atoms with Crippen molar-refractivity contribution in [2.24, 2.45) is 11.8 Å². The van der Waals surface area contributed by atoms with E-state index in [0.29, 0.717) is 10.6 Å². The monoisotopic (exact) mass is 302 g/mol. The van der Waals surface area contributed by atoms with Crippen LogP contribution in [0.2, 0.25) is 5.02 Å². The molecular weight excluding hydrogens is 282 g/mol. The van der Waals surface area contributed by atoms with Crippen molar-refractivity contribution in [3.63, 3.8) is 0 Å². The van der Waals surface area contributed by atoms with Crippen molar-refractivity contribution in [3.05, 3.63) is 34.9 Å². The van der Waals surface area contributed by atoms with E-state index >= 15 is 0 Å². The zero-order valence-electron chi connectivity index (χ0n) is 11.7. The van der Waals surface area contributed by atoms with Gasteiger partial charge < -0.3 is 5.11 Å². The summed E-state index contributed by atoms with van der Waals surface area (Å²) in [4.78, 5) is 0. The summed E-state index contributed by atoms with van der Waals surface area (Å²) in [6.45, 7) is 1.44. The summed E-state index contributed by atoms with van der Waals surface area (Å²) in [5, 5.41) is 11.7. The second-order valence-electron chi connectivity index (χ2n) is 5.79. The van der Waals surface area contributed by atoms with Crippen LogP contribution in [0.15, 0.2) is 24.3 Å². The zero-order chi connectivity index (χ0) is 14.8. The molecule has 2 unspecified atom stereocenters. The number of benzene rings is 1. The van der Waals surface area contributed by atoms with Crippen LogP contribution in [0.5, 0.6) is 0 Å². The molecule has 1 nitrogen and oxygen atoms in total. The molecule has 1 aromatic rings. The Morgan fingerprint density at radius 1 is 1.15 bits per heavy atom. The Morgan fingerprint density at radius 2 is 1.70 bits per heavy atom. The smallest absolute Gasteiger partial charge is 0.244 e. The van der Waals surface area contributed by atoms with Gasteiger partial charge in [0, 0.05) is 5.02 Å². The summed E-state index contributed by atoms with van der Waals surface area (Å²) in [6.07, 6.45) is 2.17. The van der Waals surface area contributed by atoms with Crippen molar-refractivity contribution >= 4 is 11.6 Å². The van der Waals surface area contributed by atoms with Crippen LogP contribution in [-0.2, 0) is 5.60 Å². The van der Waals surface area contributed by atoms with Crippen molar-refractivity contribution in [1.29, 1.82) is 0 Å². The van der Waals surface area contributed by atoms with E-state index in [1.54, 1.807) is 24.3 Å². The van der Waals surface area contributed by atoms with Crippen LogP contribution in [0.1, 0.15) is 44.6 Å². The first kappa shape index (κ1) is 15.7. The van der Waals surface area contributed by atoms with Crippen molar-refractivity contribution in [2.45, 2.75) is 51.1 Å². The molecule has 4 heteroatoms. The lowest BCUT2D eigenvalue weighted by Gasteiger charge is -2.43. The first-order valence-corrected chi connectivity index (χ1v) is 7.60. The van der Waals surface area contributed by atoms with Gasteiger partial charge in [0.2, 0.25) is 6.43 Å². The Morgan fingerprint density at radius 3 is 2.20 bits per heavy atom. The molecular formula is C16H21ClF2O. The van der Waals surface area contributed by atoms with Crippen LogP contribution in [0.4, 0.5) is 8.78 Å². The van der Waals surface area contributed by atoms with Crippen molar-refractivity contribution < 1.29 is 13.9 Å². The predicted molar refractivity (Wildman–Crippen MR) is 77.1 cm³/mol. The maximum Gasteiger partial charge on any atom is 0.244 e.